The number of hydrogen-bond acceptors (Lipinski definition) is 8. The average molecular weight is 1510 g/mol. The molecule has 0 aliphatic heterocycles. The molecular formula is C90H177AlCuO10. The SMILES string of the molecule is CCCCCCCCCCCCCCCCCC(=O)O.CCCCCCCCCCCCCCCCCC(=O)O.CCCCCCCCCCCCCCCCCC(=O)[O][Al]([O]C(=O)CCCCCCCCCCCCCCCCC)[O]C(=O)CCCCCCCCCCCCCCCCC.[Cu]. The first-order valence-corrected chi connectivity index (χ1v) is 47.0. The van der Waals surface area contributed by atoms with Crippen LogP contribution in [0.5, 0.6) is 0 Å². The smallest absolute Gasteiger partial charge is 0.551 e. The van der Waals surface area contributed by atoms with Crippen molar-refractivity contribution in [2.24, 2.45) is 0 Å². The molecule has 2 N–H and O–H groups in total. The molecule has 0 aromatic rings. The summed E-state index contributed by atoms with van der Waals surface area (Å²) in [5.41, 5.74) is 0. The van der Waals surface area contributed by atoms with E-state index < -0.39 is 45.0 Å². The van der Waals surface area contributed by atoms with Crippen molar-refractivity contribution in [3.8, 4) is 0 Å². The van der Waals surface area contributed by atoms with Crippen molar-refractivity contribution < 1.29 is 62.6 Å². The zero-order valence-corrected chi connectivity index (χ0v) is 71.2. The molecular weight excluding hydrogens is 1330 g/mol. The van der Waals surface area contributed by atoms with Gasteiger partial charge in [0.05, 0.1) is 0 Å². The summed E-state index contributed by atoms with van der Waals surface area (Å²) in [6.45, 7) is 11.4. The molecule has 0 fully saturated rings. The fourth-order valence-electron chi connectivity index (χ4n) is 13.8. The number of unbranched alkanes of at least 4 members (excludes halogenated alkanes) is 70. The number of hydrogen-bond donors (Lipinski definition) is 2. The minimum absolute atomic E-state index is 0. The van der Waals surface area contributed by atoms with Crippen LogP contribution in [0.4, 0.5) is 0 Å². The van der Waals surface area contributed by atoms with Gasteiger partial charge in [-0.25, -0.2) is 0 Å². The molecule has 0 saturated heterocycles. The number of carboxylic acids is 2. The molecule has 0 saturated carbocycles. The molecule has 0 unspecified atom stereocenters. The van der Waals surface area contributed by atoms with Crippen LogP contribution < -0.4 is 0 Å². The van der Waals surface area contributed by atoms with E-state index in [4.69, 9.17) is 21.6 Å². The Bertz CT molecular complexity index is 1480. The van der Waals surface area contributed by atoms with E-state index >= 15 is 0 Å². The summed E-state index contributed by atoms with van der Waals surface area (Å²) < 4.78 is 16.7. The second-order valence-electron chi connectivity index (χ2n) is 31.0. The van der Waals surface area contributed by atoms with Crippen LogP contribution in [-0.4, -0.2) is 55.2 Å². The quantitative estimate of drug-likeness (QED) is 0.0444. The van der Waals surface area contributed by atoms with Crippen LogP contribution in [0.15, 0.2) is 0 Å². The molecule has 0 aliphatic carbocycles. The normalized spacial score (nSPS) is 11.0. The van der Waals surface area contributed by atoms with Crippen molar-refractivity contribution in [2.45, 2.75) is 548 Å². The van der Waals surface area contributed by atoms with Crippen LogP contribution in [0.25, 0.3) is 0 Å². The fourth-order valence-corrected chi connectivity index (χ4v) is 14.9. The Labute approximate surface area is 651 Å². The van der Waals surface area contributed by atoms with E-state index in [2.05, 4.69) is 34.6 Å². The Morgan fingerprint density at radius 1 is 0.176 bits per heavy atom. The molecule has 10 nitrogen and oxygen atoms in total. The molecule has 0 amide bonds. The molecule has 12 heteroatoms. The van der Waals surface area contributed by atoms with E-state index in [-0.39, 0.29) is 36.3 Å². The minimum atomic E-state index is -3.24. The Morgan fingerprint density at radius 3 is 0.382 bits per heavy atom. The number of carbonyl (C=O) groups is 5. The third-order valence-electron chi connectivity index (χ3n) is 20.6. The molecule has 0 spiro atoms. The summed E-state index contributed by atoms with van der Waals surface area (Å²) in [6.07, 6.45) is 98.2. The fraction of sp³-hybridized carbons (Fsp3) is 0.944. The summed E-state index contributed by atoms with van der Waals surface area (Å²) >= 11 is -3.24. The standard InChI is InChI=1S/5C18H36O2.Al.Cu/c5*1-2-3-4-5-6-7-8-9-10-11-12-13-14-15-16-17-18(19)20;;/h5*2-17H2,1H3,(H,19,20);;/q;;;;;+3;/p-3. The van der Waals surface area contributed by atoms with Crippen molar-refractivity contribution in [1.82, 2.24) is 0 Å². The summed E-state index contributed by atoms with van der Waals surface area (Å²) in [4.78, 5) is 59.1. The first-order valence-electron chi connectivity index (χ1n) is 45.6. The maximum absolute atomic E-state index is 12.8. The van der Waals surface area contributed by atoms with E-state index in [1.54, 1.807) is 0 Å². The van der Waals surface area contributed by atoms with E-state index in [9.17, 15) is 24.0 Å². The van der Waals surface area contributed by atoms with Gasteiger partial charge in [-0.15, -0.1) is 0 Å². The van der Waals surface area contributed by atoms with Gasteiger partial charge in [0.15, 0.2) is 0 Å². The van der Waals surface area contributed by atoms with Crippen molar-refractivity contribution in [2.75, 3.05) is 0 Å². The van der Waals surface area contributed by atoms with Gasteiger partial charge in [0.2, 0.25) is 0 Å². The molecule has 0 heterocycles. The van der Waals surface area contributed by atoms with Crippen LogP contribution in [0, 0.1) is 0 Å². The van der Waals surface area contributed by atoms with E-state index in [0.717, 1.165) is 83.5 Å². The number of rotatable bonds is 83. The maximum atomic E-state index is 12.8. The zero-order chi connectivity index (χ0) is 74.2. The van der Waals surface area contributed by atoms with Crippen LogP contribution >= 0.6 is 0 Å². The van der Waals surface area contributed by atoms with Crippen LogP contribution in [0.1, 0.15) is 548 Å². The van der Waals surface area contributed by atoms with Crippen molar-refractivity contribution in [3.63, 3.8) is 0 Å². The second kappa shape index (κ2) is 97.4. The van der Waals surface area contributed by atoms with Gasteiger partial charge in [-0.2, -0.15) is 0 Å². The van der Waals surface area contributed by atoms with Crippen LogP contribution in [0.2, 0.25) is 0 Å². The van der Waals surface area contributed by atoms with Crippen LogP contribution in [0.3, 0.4) is 0 Å². The number of carboxylic acid groups (broad SMARTS) is 2. The first-order chi connectivity index (χ1) is 49.6. The Morgan fingerprint density at radius 2 is 0.275 bits per heavy atom. The molecule has 102 heavy (non-hydrogen) atoms. The Balaban J connectivity index is -0.000000944. The predicted molar refractivity (Wildman–Crippen MR) is 437 cm³/mol. The van der Waals surface area contributed by atoms with Crippen molar-refractivity contribution >= 4 is 45.0 Å². The average Bonchev–Trinajstić information content (AvgIpc) is 1.13. The van der Waals surface area contributed by atoms with Crippen molar-refractivity contribution in [3.05, 3.63) is 0 Å². The van der Waals surface area contributed by atoms with Gasteiger partial charge < -0.3 is 21.6 Å². The largest absolute Gasteiger partial charge is 1.20 e. The Hall–Kier alpha value is -1.60. The van der Waals surface area contributed by atoms with E-state index in [0.29, 0.717) is 12.8 Å². The van der Waals surface area contributed by atoms with Gasteiger partial charge in [0.25, 0.3) is 17.9 Å². The molecule has 0 aromatic carbocycles. The minimum Gasteiger partial charge on any atom is -0.551 e. The summed E-state index contributed by atoms with van der Waals surface area (Å²) in [6, 6.07) is 0. The third-order valence-corrected chi connectivity index (χ3v) is 22.0. The molecule has 0 bridgehead atoms. The predicted octanol–water partition coefficient (Wildman–Crippen LogP) is 31.0. The van der Waals surface area contributed by atoms with E-state index in [1.165, 1.54) is 398 Å². The maximum Gasteiger partial charge on any atom is 1.20 e. The number of carbonyl (C=O) groups excluding carboxylic acids is 3. The summed E-state index contributed by atoms with van der Waals surface area (Å²) in [5, 5.41) is 17.0. The molecule has 0 aromatic heterocycles. The third kappa shape index (κ3) is 103. The first kappa shape index (κ1) is 107. The van der Waals surface area contributed by atoms with Crippen LogP contribution in [-0.2, 0) is 52.4 Å². The summed E-state index contributed by atoms with van der Waals surface area (Å²) in [7, 11) is 0. The second-order valence-corrected chi connectivity index (χ2v) is 32.3. The van der Waals surface area contributed by atoms with E-state index in [1.807, 2.05) is 0 Å². The summed E-state index contributed by atoms with van der Waals surface area (Å²) in [5.74, 6) is -2.54. The van der Waals surface area contributed by atoms with Gasteiger partial charge in [-0.3, -0.25) is 24.0 Å². The molecule has 0 atom stereocenters. The molecule has 0 aliphatic rings. The molecule has 611 valence electrons. The molecule has 0 rings (SSSR count). The van der Waals surface area contributed by atoms with Gasteiger partial charge in [-0.05, 0) is 32.1 Å². The Kier molecular flexibility index (Phi) is 102. The topological polar surface area (TPSA) is 153 Å². The monoisotopic (exact) mass is 1510 g/mol. The molecule has 1 radical (unpaired) electrons. The van der Waals surface area contributed by atoms with Crippen molar-refractivity contribution in [1.29, 1.82) is 0 Å². The number of aliphatic carboxylic acids is 2. The van der Waals surface area contributed by atoms with Gasteiger partial charge in [0.1, 0.15) is 0 Å². The van der Waals surface area contributed by atoms with Gasteiger partial charge in [0, 0.05) is 49.2 Å². The van der Waals surface area contributed by atoms with Gasteiger partial charge >= 0.3 is 27.1 Å². The zero-order valence-electron chi connectivity index (χ0n) is 69.1. The van der Waals surface area contributed by atoms with Gasteiger partial charge in [-0.1, -0.05) is 484 Å².